The number of nitrogens with one attached hydrogen (secondary N) is 2. The van der Waals surface area contributed by atoms with Crippen molar-refractivity contribution in [1.29, 1.82) is 0 Å². The highest BCUT2D eigenvalue weighted by atomic mass is 19.4. The lowest BCUT2D eigenvalue weighted by atomic mass is 9.82. The summed E-state index contributed by atoms with van der Waals surface area (Å²) in [5.41, 5.74) is 0.118. The van der Waals surface area contributed by atoms with Crippen LogP contribution >= 0.6 is 0 Å². The summed E-state index contributed by atoms with van der Waals surface area (Å²) >= 11 is 0. The molecule has 1 aromatic heterocycles. The van der Waals surface area contributed by atoms with E-state index in [9.17, 15) is 18.0 Å². The minimum absolute atomic E-state index is 0.0221. The van der Waals surface area contributed by atoms with Crippen molar-refractivity contribution in [2.45, 2.75) is 90.5 Å². The van der Waals surface area contributed by atoms with Crippen LogP contribution in [0.25, 0.3) is 0 Å². The van der Waals surface area contributed by atoms with E-state index in [4.69, 9.17) is 0 Å². The highest BCUT2D eigenvalue weighted by molar-refractivity contribution is 5.78. The van der Waals surface area contributed by atoms with E-state index in [1.807, 2.05) is 41.5 Å². The van der Waals surface area contributed by atoms with Crippen LogP contribution in [0.3, 0.4) is 0 Å². The van der Waals surface area contributed by atoms with Crippen molar-refractivity contribution in [2.24, 2.45) is 5.41 Å². The van der Waals surface area contributed by atoms with Gasteiger partial charge in [0.25, 0.3) is 0 Å². The fraction of sp³-hybridized carbons (Fsp3) is 0.818. The predicted molar refractivity (Wildman–Crippen MR) is 115 cm³/mol. The highest BCUT2D eigenvalue weighted by Crippen LogP contribution is 2.44. The van der Waals surface area contributed by atoms with Crippen molar-refractivity contribution in [1.82, 2.24) is 20.0 Å². The van der Waals surface area contributed by atoms with E-state index in [0.717, 1.165) is 24.1 Å². The van der Waals surface area contributed by atoms with Gasteiger partial charge < -0.3 is 10.6 Å². The Hall–Kier alpha value is -1.77. The number of carbonyl (C=O) groups excluding carboxylic acids is 1. The van der Waals surface area contributed by atoms with Crippen LogP contribution in [0.1, 0.15) is 78.5 Å². The van der Waals surface area contributed by atoms with Crippen LogP contribution in [0.2, 0.25) is 0 Å². The Bertz CT molecular complexity index is 796. The van der Waals surface area contributed by atoms with Crippen molar-refractivity contribution in [3.8, 4) is 0 Å². The predicted octanol–water partition coefficient (Wildman–Crippen LogP) is 4.31. The number of aromatic nitrogens is 2. The van der Waals surface area contributed by atoms with Crippen LogP contribution in [0.4, 0.5) is 19.0 Å². The van der Waals surface area contributed by atoms with Crippen LogP contribution in [-0.2, 0) is 4.79 Å². The maximum absolute atomic E-state index is 13.8. The quantitative estimate of drug-likeness (QED) is 0.712. The molecule has 1 aromatic rings. The van der Waals surface area contributed by atoms with Gasteiger partial charge in [0.2, 0.25) is 5.91 Å². The van der Waals surface area contributed by atoms with Gasteiger partial charge in [0.15, 0.2) is 6.04 Å². The normalized spacial score (nSPS) is 25.3. The molecule has 6 nitrogen and oxygen atoms in total. The third kappa shape index (κ3) is 5.54. The summed E-state index contributed by atoms with van der Waals surface area (Å²) in [6, 6.07) is -0.145. The van der Waals surface area contributed by atoms with Crippen molar-refractivity contribution in [3.05, 3.63) is 11.8 Å². The molecule has 1 fully saturated rings. The minimum atomic E-state index is -4.35. The lowest BCUT2D eigenvalue weighted by Gasteiger charge is -2.39. The molecule has 2 N–H and O–H groups in total. The number of likely N-dealkylation sites (tertiary alicyclic amines) is 1. The van der Waals surface area contributed by atoms with Gasteiger partial charge in [-0.1, -0.05) is 27.7 Å². The average Bonchev–Trinajstić information content (AvgIpc) is 3.24. The maximum Gasteiger partial charge on any atom is 0.410 e. The van der Waals surface area contributed by atoms with E-state index in [1.165, 1.54) is 0 Å². The van der Waals surface area contributed by atoms with Crippen LogP contribution in [-0.4, -0.2) is 58.0 Å². The van der Waals surface area contributed by atoms with Crippen molar-refractivity contribution < 1.29 is 18.0 Å². The zero-order valence-corrected chi connectivity index (χ0v) is 19.4. The van der Waals surface area contributed by atoms with Crippen molar-refractivity contribution in [3.63, 3.8) is 0 Å². The monoisotopic (exact) mass is 443 g/mol. The first-order valence-electron chi connectivity index (χ1n) is 11.2. The second-order valence-electron chi connectivity index (χ2n) is 10.8. The molecule has 9 heteroatoms. The molecule has 0 spiro atoms. The van der Waals surface area contributed by atoms with Crippen molar-refractivity contribution in [2.75, 3.05) is 25.0 Å². The van der Waals surface area contributed by atoms with Crippen LogP contribution in [0.15, 0.2) is 6.07 Å². The van der Waals surface area contributed by atoms with Gasteiger partial charge in [-0.05, 0) is 45.1 Å². The first-order chi connectivity index (χ1) is 14.2. The van der Waals surface area contributed by atoms with Gasteiger partial charge in [-0.2, -0.15) is 18.3 Å². The summed E-state index contributed by atoms with van der Waals surface area (Å²) < 4.78 is 42.5. The number of nitrogens with zero attached hydrogens (tertiary/aromatic N) is 3. The highest BCUT2D eigenvalue weighted by Gasteiger charge is 2.48. The summed E-state index contributed by atoms with van der Waals surface area (Å²) in [6.45, 7) is 13.5. The lowest BCUT2D eigenvalue weighted by molar-refractivity contribution is -0.175. The first kappa shape index (κ1) is 23.9. The molecule has 0 bridgehead atoms. The number of hydrogen-bond acceptors (Lipinski definition) is 4. The van der Waals surface area contributed by atoms with Crippen LogP contribution in [0, 0.1) is 5.41 Å². The van der Waals surface area contributed by atoms with Gasteiger partial charge in [0.1, 0.15) is 5.82 Å². The average molecular weight is 444 g/mol. The Kier molecular flexibility index (Phi) is 6.39. The Labute approximate surface area is 182 Å². The zero-order chi connectivity index (χ0) is 23.2. The molecule has 1 amide bonds. The molecule has 176 valence electrons. The molecule has 0 aromatic carbocycles. The van der Waals surface area contributed by atoms with E-state index < -0.39 is 12.2 Å². The summed E-state index contributed by atoms with van der Waals surface area (Å²) in [6.07, 6.45) is -2.77. The molecule has 0 radical (unpaired) electrons. The standard InChI is InChI=1S/C22H36F3N5O/c1-7-21(5,6)27-19(31)13-29-9-8-14(12-29)15-10-18-26-16(20(2,3)4)11-17(22(23,24)25)30(18)28-15/h10,14,16-17,26H,7-9,11-13H2,1-6H3,(H,27,31)/t14-,16+,17-/m0/s1. The summed E-state index contributed by atoms with van der Waals surface area (Å²) in [4.78, 5) is 14.4. The molecule has 3 atom stereocenters. The third-order valence-electron chi connectivity index (χ3n) is 6.67. The summed E-state index contributed by atoms with van der Waals surface area (Å²) in [7, 11) is 0. The van der Waals surface area contributed by atoms with E-state index >= 15 is 0 Å². The van der Waals surface area contributed by atoms with Gasteiger partial charge in [0.05, 0.1) is 12.2 Å². The molecule has 2 aliphatic heterocycles. The number of anilines is 1. The van der Waals surface area contributed by atoms with Gasteiger partial charge >= 0.3 is 6.18 Å². The van der Waals surface area contributed by atoms with E-state index in [1.54, 1.807) is 6.07 Å². The third-order valence-corrected chi connectivity index (χ3v) is 6.67. The fourth-order valence-electron chi connectivity index (χ4n) is 4.29. The van der Waals surface area contributed by atoms with Gasteiger partial charge in [-0.25, -0.2) is 4.68 Å². The van der Waals surface area contributed by atoms with Gasteiger partial charge in [-0.3, -0.25) is 9.69 Å². The number of carbonyl (C=O) groups is 1. The van der Waals surface area contributed by atoms with E-state index in [-0.39, 0.29) is 35.2 Å². The molecule has 3 heterocycles. The lowest BCUT2D eigenvalue weighted by Crippen LogP contribution is -2.47. The molecule has 31 heavy (non-hydrogen) atoms. The van der Waals surface area contributed by atoms with Crippen LogP contribution < -0.4 is 10.6 Å². The molecule has 0 aliphatic carbocycles. The largest absolute Gasteiger partial charge is 0.410 e. The minimum Gasteiger partial charge on any atom is -0.367 e. The van der Waals surface area contributed by atoms with E-state index in [2.05, 4.69) is 20.6 Å². The SMILES string of the molecule is CCC(C)(C)NC(=O)CN1CC[C@H](c2cc3n(n2)[C@H](C(F)(F)F)C[C@H](C(C)(C)C)N3)C1. The number of rotatable bonds is 5. The molecule has 0 saturated carbocycles. The molecular formula is C22H36F3N5O. The zero-order valence-electron chi connectivity index (χ0n) is 19.4. The molecule has 1 saturated heterocycles. The number of fused-ring (bicyclic) bond motifs is 1. The smallest absolute Gasteiger partial charge is 0.367 e. The summed E-state index contributed by atoms with van der Waals surface area (Å²) in [5.74, 6) is 0.432. The number of halogens is 3. The molecule has 0 unspecified atom stereocenters. The maximum atomic E-state index is 13.8. The van der Waals surface area contributed by atoms with Crippen LogP contribution in [0.5, 0.6) is 0 Å². The van der Waals surface area contributed by atoms with Crippen molar-refractivity contribution >= 4 is 11.7 Å². The Balaban J connectivity index is 1.72. The van der Waals surface area contributed by atoms with E-state index in [0.29, 0.717) is 24.6 Å². The second kappa shape index (κ2) is 8.30. The number of hydrogen-bond donors (Lipinski definition) is 2. The first-order valence-corrected chi connectivity index (χ1v) is 11.2. The number of amides is 1. The summed E-state index contributed by atoms with van der Waals surface area (Å²) in [5, 5.41) is 10.7. The second-order valence-corrected chi connectivity index (χ2v) is 10.8. The van der Waals surface area contributed by atoms with Gasteiger partial charge in [-0.15, -0.1) is 0 Å². The molecule has 2 aliphatic rings. The molecule has 3 rings (SSSR count). The molecular weight excluding hydrogens is 407 g/mol. The van der Waals surface area contributed by atoms with Gasteiger partial charge in [0, 0.05) is 30.1 Å². The number of alkyl halides is 3. The Morgan fingerprint density at radius 1 is 1.26 bits per heavy atom. The topological polar surface area (TPSA) is 62.2 Å². The Morgan fingerprint density at radius 3 is 2.52 bits per heavy atom. The Morgan fingerprint density at radius 2 is 1.94 bits per heavy atom. The fourth-order valence-corrected chi connectivity index (χ4v) is 4.29.